The van der Waals surface area contributed by atoms with Crippen molar-refractivity contribution < 1.29 is 13.2 Å². The fourth-order valence-electron chi connectivity index (χ4n) is 3.05. The third-order valence-corrected chi connectivity index (χ3v) is 8.27. The van der Waals surface area contributed by atoms with Gasteiger partial charge >= 0.3 is 0 Å². The summed E-state index contributed by atoms with van der Waals surface area (Å²) in [5, 5.41) is 3.52. The summed E-state index contributed by atoms with van der Waals surface area (Å²) < 4.78 is 28.6. The van der Waals surface area contributed by atoms with Crippen molar-refractivity contribution in [3.63, 3.8) is 0 Å². The van der Waals surface area contributed by atoms with E-state index in [1.807, 2.05) is 31.2 Å². The average Bonchev–Trinajstić information content (AvgIpc) is 2.77. The van der Waals surface area contributed by atoms with Crippen molar-refractivity contribution in [2.45, 2.75) is 17.6 Å². The topological polar surface area (TPSA) is 66.5 Å². The van der Waals surface area contributed by atoms with E-state index in [4.69, 9.17) is 11.6 Å². The van der Waals surface area contributed by atoms with Crippen LogP contribution in [0.4, 0.5) is 5.69 Å². The lowest BCUT2D eigenvalue weighted by molar-refractivity contribution is -0.119. The van der Waals surface area contributed by atoms with Crippen molar-refractivity contribution in [2.24, 2.45) is 0 Å². The predicted octanol–water partition coefficient (Wildman–Crippen LogP) is 5.66. The molecule has 0 aliphatic heterocycles. The zero-order valence-electron chi connectivity index (χ0n) is 18.0. The number of amides is 1. The van der Waals surface area contributed by atoms with E-state index < -0.39 is 10.0 Å². The summed E-state index contributed by atoms with van der Waals surface area (Å²) in [6.45, 7) is 2.01. The molecule has 0 heterocycles. The average molecular weight is 568 g/mol. The van der Waals surface area contributed by atoms with Gasteiger partial charge in [-0.15, -0.1) is 0 Å². The fraction of sp³-hybridized carbons (Fsp3) is 0.208. The van der Waals surface area contributed by atoms with Crippen molar-refractivity contribution in [2.75, 3.05) is 23.1 Å². The van der Waals surface area contributed by atoms with Crippen LogP contribution >= 0.6 is 39.3 Å². The standard InChI is InChI=1S/C24H24BrClN2O3S2/c1-18-8-10-23(11-9-18)33(30,31)28(22-7-3-5-20(25)15-22)16-24(29)27-12-13-32-17-19-4-2-6-21(26)14-19/h2-11,14-15H,12-13,16-17H2,1H3,(H,27,29). The van der Waals surface area contributed by atoms with Gasteiger partial charge in [-0.2, -0.15) is 11.8 Å². The molecule has 3 aromatic carbocycles. The number of thioether (sulfide) groups is 1. The van der Waals surface area contributed by atoms with E-state index in [1.54, 1.807) is 60.3 Å². The Morgan fingerprint density at radius 3 is 2.48 bits per heavy atom. The molecular weight excluding hydrogens is 544 g/mol. The molecule has 5 nitrogen and oxygen atoms in total. The molecule has 0 saturated carbocycles. The summed E-state index contributed by atoms with van der Waals surface area (Å²) in [5.74, 6) is 1.11. The number of nitrogens with one attached hydrogen (secondary N) is 1. The molecule has 0 aliphatic carbocycles. The van der Waals surface area contributed by atoms with Crippen molar-refractivity contribution in [3.05, 3.63) is 93.4 Å². The molecule has 3 aromatic rings. The Kier molecular flexibility index (Phi) is 9.26. The molecule has 0 aromatic heterocycles. The van der Waals surface area contributed by atoms with Crippen molar-refractivity contribution in [1.82, 2.24) is 5.32 Å². The number of hydrogen-bond donors (Lipinski definition) is 1. The number of halogens is 2. The van der Waals surface area contributed by atoms with Crippen LogP contribution in [0.25, 0.3) is 0 Å². The quantitative estimate of drug-likeness (QED) is 0.321. The number of hydrogen-bond acceptors (Lipinski definition) is 4. The van der Waals surface area contributed by atoms with Gasteiger partial charge in [0.05, 0.1) is 10.6 Å². The van der Waals surface area contributed by atoms with E-state index in [-0.39, 0.29) is 17.3 Å². The first kappa shape index (κ1) is 25.6. The highest BCUT2D eigenvalue weighted by atomic mass is 79.9. The Bertz CT molecular complexity index is 1200. The van der Waals surface area contributed by atoms with E-state index in [9.17, 15) is 13.2 Å². The van der Waals surface area contributed by atoms with Crippen LogP contribution < -0.4 is 9.62 Å². The molecule has 3 rings (SSSR count). The van der Waals surface area contributed by atoms with Gasteiger partial charge in [0.25, 0.3) is 10.0 Å². The van der Waals surface area contributed by atoms with Crippen molar-refractivity contribution in [1.29, 1.82) is 0 Å². The number of aryl methyl sites for hydroxylation is 1. The summed E-state index contributed by atoms with van der Waals surface area (Å²) in [7, 11) is -3.92. The van der Waals surface area contributed by atoms with E-state index >= 15 is 0 Å². The molecule has 0 atom stereocenters. The van der Waals surface area contributed by atoms with Crippen LogP contribution in [0.1, 0.15) is 11.1 Å². The molecule has 0 unspecified atom stereocenters. The minimum atomic E-state index is -3.92. The largest absolute Gasteiger partial charge is 0.354 e. The molecule has 0 fully saturated rings. The normalized spacial score (nSPS) is 11.2. The van der Waals surface area contributed by atoms with Gasteiger partial charge < -0.3 is 5.32 Å². The van der Waals surface area contributed by atoms with Gasteiger partial charge in [-0.05, 0) is 55.0 Å². The Hall–Kier alpha value is -2.00. The molecular formula is C24H24BrClN2O3S2. The molecule has 33 heavy (non-hydrogen) atoms. The maximum Gasteiger partial charge on any atom is 0.264 e. The molecule has 1 N–H and O–H groups in total. The first-order valence-corrected chi connectivity index (χ1v) is 14.0. The maximum atomic E-state index is 13.4. The van der Waals surface area contributed by atoms with E-state index in [2.05, 4.69) is 21.2 Å². The van der Waals surface area contributed by atoms with Gasteiger partial charge in [0.15, 0.2) is 0 Å². The highest BCUT2D eigenvalue weighted by Crippen LogP contribution is 2.26. The van der Waals surface area contributed by atoms with E-state index in [1.165, 1.54) is 0 Å². The molecule has 0 aliphatic rings. The van der Waals surface area contributed by atoms with Crippen LogP contribution in [0.2, 0.25) is 5.02 Å². The third-order valence-electron chi connectivity index (χ3n) is 4.72. The zero-order chi connectivity index (χ0) is 23.8. The number of benzene rings is 3. The second-order valence-corrected chi connectivity index (χ2v) is 11.7. The van der Waals surface area contributed by atoms with Crippen molar-refractivity contribution >= 4 is 60.9 Å². The molecule has 0 radical (unpaired) electrons. The molecule has 174 valence electrons. The van der Waals surface area contributed by atoms with E-state index in [0.29, 0.717) is 23.0 Å². The minimum Gasteiger partial charge on any atom is -0.354 e. The first-order chi connectivity index (χ1) is 15.8. The lowest BCUT2D eigenvalue weighted by atomic mass is 10.2. The predicted molar refractivity (Wildman–Crippen MR) is 140 cm³/mol. The van der Waals surface area contributed by atoms with Gasteiger partial charge in [0.1, 0.15) is 6.54 Å². The summed E-state index contributed by atoms with van der Waals surface area (Å²) >= 11 is 11.0. The second-order valence-electron chi connectivity index (χ2n) is 7.34. The Morgan fingerprint density at radius 2 is 1.79 bits per heavy atom. The third kappa shape index (κ3) is 7.50. The number of carbonyl (C=O) groups is 1. The SMILES string of the molecule is Cc1ccc(S(=O)(=O)N(CC(=O)NCCSCc2cccc(Cl)c2)c2cccc(Br)c2)cc1. The number of sulfonamides is 1. The summed E-state index contributed by atoms with van der Waals surface area (Å²) in [4.78, 5) is 12.8. The van der Waals surface area contributed by atoms with Gasteiger partial charge in [-0.25, -0.2) is 8.42 Å². The number of rotatable bonds is 10. The minimum absolute atomic E-state index is 0.137. The lowest BCUT2D eigenvalue weighted by Crippen LogP contribution is -2.41. The summed E-state index contributed by atoms with van der Waals surface area (Å²) in [5.41, 5.74) is 2.48. The second kappa shape index (κ2) is 11.9. The Labute approximate surface area is 212 Å². The van der Waals surface area contributed by atoms with Crippen molar-refractivity contribution in [3.8, 4) is 0 Å². The van der Waals surface area contributed by atoms with Gasteiger partial charge in [-0.3, -0.25) is 9.10 Å². The number of anilines is 1. The number of nitrogens with zero attached hydrogens (tertiary/aromatic N) is 1. The molecule has 1 amide bonds. The Balaban J connectivity index is 1.64. The molecule has 0 spiro atoms. The van der Waals surface area contributed by atoms with Crippen LogP contribution in [-0.4, -0.2) is 33.2 Å². The Morgan fingerprint density at radius 1 is 1.06 bits per heavy atom. The zero-order valence-corrected chi connectivity index (χ0v) is 22.0. The highest BCUT2D eigenvalue weighted by Gasteiger charge is 2.27. The van der Waals surface area contributed by atoms with Gasteiger partial charge in [0, 0.05) is 27.5 Å². The summed E-state index contributed by atoms with van der Waals surface area (Å²) in [6, 6.07) is 21.1. The first-order valence-electron chi connectivity index (χ1n) is 10.2. The van der Waals surface area contributed by atoms with Crippen LogP contribution in [0.3, 0.4) is 0 Å². The summed E-state index contributed by atoms with van der Waals surface area (Å²) in [6.07, 6.45) is 0. The van der Waals surface area contributed by atoms with E-state index in [0.717, 1.165) is 25.7 Å². The molecule has 0 bridgehead atoms. The lowest BCUT2D eigenvalue weighted by Gasteiger charge is -2.24. The van der Waals surface area contributed by atoms with Crippen LogP contribution in [0, 0.1) is 6.92 Å². The van der Waals surface area contributed by atoms with Crippen LogP contribution in [0.15, 0.2) is 82.2 Å². The highest BCUT2D eigenvalue weighted by molar-refractivity contribution is 9.10. The van der Waals surface area contributed by atoms with Crippen LogP contribution in [0.5, 0.6) is 0 Å². The van der Waals surface area contributed by atoms with Gasteiger partial charge in [0.2, 0.25) is 5.91 Å². The molecule has 9 heteroatoms. The fourth-order valence-corrected chi connectivity index (χ4v) is 5.87. The van der Waals surface area contributed by atoms with Gasteiger partial charge in [-0.1, -0.05) is 63.4 Å². The number of carbonyl (C=O) groups excluding carboxylic acids is 1. The maximum absolute atomic E-state index is 13.4. The molecule has 0 saturated heterocycles. The monoisotopic (exact) mass is 566 g/mol. The smallest absolute Gasteiger partial charge is 0.264 e. The van der Waals surface area contributed by atoms with Crippen LogP contribution in [-0.2, 0) is 20.6 Å².